The van der Waals surface area contributed by atoms with Crippen LogP contribution in [0.25, 0.3) is 11.8 Å². The molecule has 0 radical (unpaired) electrons. The molecule has 1 aromatic heterocycles. The Bertz CT molecular complexity index is 2100. The Morgan fingerprint density at radius 3 is 2.41 bits per heavy atom. The minimum Gasteiger partial charge on any atom is -0.489 e. The summed E-state index contributed by atoms with van der Waals surface area (Å²) in [4.78, 5) is 33.2. The van der Waals surface area contributed by atoms with Crippen LogP contribution in [0.3, 0.4) is 0 Å². The number of hydrogen-bond donors (Lipinski definition) is 0. The highest BCUT2D eigenvalue weighted by Crippen LogP contribution is 2.35. The minimum atomic E-state index is -0.769. The molecule has 0 fully saturated rings. The lowest BCUT2D eigenvalue weighted by Crippen LogP contribution is -2.40. The van der Waals surface area contributed by atoms with Crippen molar-refractivity contribution in [2.45, 2.75) is 26.0 Å². The topological polar surface area (TPSA) is 69.9 Å². The summed E-state index contributed by atoms with van der Waals surface area (Å²) in [5, 5.41) is 0.549. The number of ether oxygens (including phenoxy) is 2. The predicted octanol–water partition coefficient (Wildman–Crippen LogP) is 6.90. The number of nitrogens with zero attached hydrogens (tertiary/aromatic N) is 2. The Kier molecular flexibility index (Phi) is 9.43. The smallest absolute Gasteiger partial charge is 0.338 e. The van der Waals surface area contributed by atoms with Gasteiger partial charge in [-0.3, -0.25) is 9.36 Å². The van der Waals surface area contributed by atoms with Crippen LogP contribution in [0.15, 0.2) is 131 Å². The number of benzene rings is 4. The van der Waals surface area contributed by atoms with E-state index in [0.717, 1.165) is 33.6 Å². The van der Waals surface area contributed by atoms with Crippen LogP contribution in [0, 0.1) is 0 Å². The van der Waals surface area contributed by atoms with E-state index in [0.29, 0.717) is 38.7 Å². The lowest BCUT2D eigenvalue weighted by Gasteiger charge is -2.25. The molecule has 1 aliphatic heterocycles. The van der Waals surface area contributed by atoms with Gasteiger partial charge in [-0.05, 0) is 65.9 Å². The fourth-order valence-corrected chi connectivity index (χ4v) is 6.56. The number of carbonyl (C=O) groups excluding carboxylic acids is 1. The van der Waals surface area contributed by atoms with Crippen LogP contribution in [-0.4, -0.2) is 17.1 Å². The summed E-state index contributed by atoms with van der Waals surface area (Å²) in [7, 11) is 0. The summed E-state index contributed by atoms with van der Waals surface area (Å²) in [5.74, 6) is 0.233. The summed E-state index contributed by atoms with van der Waals surface area (Å²) in [6, 6.07) is 31.7. The normalized spacial score (nSPS) is 14.4. The van der Waals surface area contributed by atoms with Gasteiger partial charge in [0, 0.05) is 10.6 Å². The zero-order chi connectivity index (χ0) is 32.0. The molecule has 1 atom stereocenters. The zero-order valence-electron chi connectivity index (χ0n) is 25.2. The van der Waals surface area contributed by atoms with Gasteiger partial charge in [-0.1, -0.05) is 108 Å². The Morgan fingerprint density at radius 2 is 1.72 bits per heavy atom. The number of allylic oxidation sites excluding steroid dienone is 1. The first-order valence-corrected chi connectivity index (χ1v) is 16.1. The van der Waals surface area contributed by atoms with Gasteiger partial charge < -0.3 is 9.47 Å². The van der Waals surface area contributed by atoms with Crippen molar-refractivity contribution in [3.63, 3.8) is 0 Å². The van der Waals surface area contributed by atoms with E-state index >= 15 is 0 Å². The molecule has 1 aliphatic rings. The summed E-state index contributed by atoms with van der Waals surface area (Å²) >= 11 is 7.52. The number of thiazole rings is 1. The molecule has 6 rings (SSSR count). The van der Waals surface area contributed by atoms with Crippen molar-refractivity contribution in [3.05, 3.63) is 174 Å². The molecule has 2 heterocycles. The number of halogens is 1. The molecule has 0 N–H and O–H groups in total. The number of carbonyl (C=O) groups is 1. The van der Waals surface area contributed by atoms with E-state index in [1.165, 1.54) is 11.3 Å². The first-order valence-electron chi connectivity index (χ1n) is 14.9. The fraction of sp³-hybridized carbons (Fsp3) is 0.132. The standard InChI is InChI=1S/C38H31ClN2O4S/c1-3-11-29-22-26(16-21-31(29)45-24-25-12-7-5-8-13-25)23-32-36(42)41-35(28-17-19-30(39)20-18-28)33(37(43)44-4-2)34(40-38(41)46-32)27-14-9-6-10-15-27/h3,5-10,12-23,35H,1,4,11,24H2,2H3/b32-23+/t35-/m1/s1. The summed E-state index contributed by atoms with van der Waals surface area (Å²) in [5.41, 5.74) is 4.85. The molecule has 46 heavy (non-hydrogen) atoms. The molecule has 230 valence electrons. The first kappa shape index (κ1) is 31.0. The number of hydrogen-bond acceptors (Lipinski definition) is 6. The highest BCUT2D eigenvalue weighted by molar-refractivity contribution is 7.07. The number of rotatable bonds is 10. The van der Waals surface area contributed by atoms with Crippen LogP contribution in [0.5, 0.6) is 5.75 Å². The Morgan fingerprint density at radius 1 is 1.00 bits per heavy atom. The number of fused-ring (bicyclic) bond motifs is 1. The van der Waals surface area contributed by atoms with Crippen LogP contribution in [-0.2, 0) is 22.6 Å². The molecule has 8 heteroatoms. The third kappa shape index (κ3) is 6.52. The minimum absolute atomic E-state index is 0.181. The van der Waals surface area contributed by atoms with E-state index in [1.807, 2.05) is 103 Å². The van der Waals surface area contributed by atoms with Crippen LogP contribution < -0.4 is 19.6 Å². The predicted molar refractivity (Wildman–Crippen MR) is 184 cm³/mol. The average Bonchev–Trinajstić information content (AvgIpc) is 3.39. The lowest BCUT2D eigenvalue weighted by atomic mass is 9.93. The van der Waals surface area contributed by atoms with Gasteiger partial charge in [0.25, 0.3) is 5.56 Å². The van der Waals surface area contributed by atoms with Crippen molar-refractivity contribution in [3.8, 4) is 5.75 Å². The molecule has 5 aromatic rings. The largest absolute Gasteiger partial charge is 0.489 e. The monoisotopic (exact) mass is 646 g/mol. The quantitative estimate of drug-likeness (QED) is 0.122. The van der Waals surface area contributed by atoms with E-state index in [2.05, 4.69) is 6.58 Å². The van der Waals surface area contributed by atoms with Crippen molar-refractivity contribution in [2.75, 3.05) is 6.61 Å². The maximum Gasteiger partial charge on any atom is 0.338 e. The fourth-order valence-electron chi connectivity index (χ4n) is 5.43. The summed E-state index contributed by atoms with van der Waals surface area (Å²) < 4.78 is 13.8. The molecular weight excluding hydrogens is 616 g/mol. The third-order valence-electron chi connectivity index (χ3n) is 7.54. The Hall–Kier alpha value is -4.98. The highest BCUT2D eigenvalue weighted by atomic mass is 35.5. The number of esters is 1. The van der Waals surface area contributed by atoms with Crippen molar-refractivity contribution in [2.24, 2.45) is 4.99 Å². The zero-order valence-corrected chi connectivity index (χ0v) is 26.8. The number of aromatic nitrogens is 1. The van der Waals surface area contributed by atoms with Gasteiger partial charge in [-0.2, -0.15) is 0 Å². The van der Waals surface area contributed by atoms with E-state index < -0.39 is 12.0 Å². The molecule has 0 saturated heterocycles. The van der Waals surface area contributed by atoms with Gasteiger partial charge in [0.2, 0.25) is 0 Å². The van der Waals surface area contributed by atoms with Gasteiger partial charge in [-0.15, -0.1) is 6.58 Å². The van der Waals surface area contributed by atoms with Crippen molar-refractivity contribution in [1.82, 2.24) is 4.57 Å². The summed E-state index contributed by atoms with van der Waals surface area (Å²) in [6.07, 6.45) is 4.29. The average molecular weight is 647 g/mol. The maximum absolute atomic E-state index is 14.2. The van der Waals surface area contributed by atoms with Gasteiger partial charge in [0.1, 0.15) is 12.4 Å². The molecule has 0 saturated carbocycles. The van der Waals surface area contributed by atoms with E-state index in [-0.39, 0.29) is 12.2 Å². The first-order chi connectivity index (χ1) is 22.5. The van der Waals surface area contributed by atoms with Crippen molar-refractivity contribution >= 4 is 40.7 Å². The molecule has 0 aliphatic carbocycles. The van der Waals surface area contributed by atoms with E-state index in [1.54, 1.807) is 23.6 Å². The summed E-state index contributed by atoms with van der Waals surface area (Å²) in [6.45, 7) is 6.30. The van der Waals surface area contributed by atoms with Gasteiger partial charge in [0.05, 0.1) is 28.5 Å². The SMILES string of the molecule is C=CCc1cc(/C=c2/sc3n(c2=O)[C@H](c2ccc(Cl)cc2)C(C(=O)OCC)=C(c2ccccc2)N=3)ccc1OCc1ccccc1. The van der Waals surface area contributed by atoms with Crippen molar-refractivity contribution in [1.29, 1.82) is 0 Å². The molecule has 0 spiro atoms. The second kappa shape index (κ2) is 14.0. The highest BCUT2D eigenvalue weighted by Gasteiger charge is 2.35. The molecule has 0 unspecified atom stereocenters. The Balaban J connectivity index is 1.49. The maximum atomic E-state index is 14.2. The molecule has 6 nitrogen and oxygen atoms in total. The molecule has 0 amide bonds. The Labute approximate surface area is 275 Å². The van der Waals surface area contributed by atoms with Crippen molar-refractivity contribution < 1.29 is 14.3 Å². The molecule has 4 aromatic carbocycles. The van der Waals surface area contributed by atoms with Crippen LogP contribution >= 0.6 is 22.9 Å². The second-order valence-corrected chi connectivity index (χ2v) is 12.1. The van der Waals surface area contributed by atoms with E-state index in [4.69, 9.17) is 26.1 Å². The van der Waals surface area contributed by atoms with Crippen LogP contribution in [0.4, 0.5) is 0 Å². The molecule has 0 bridgehead atoms. The van der Waals surface area contributed by atoms with E-state index in [9.17, 15) is 9.59 Å². The van der Waals surface area contributed by atoms with Crippen LogP contribution in [0.1, 0.15) is 40.8 Å². The van der Waals surface area contributed by atoms with Gasteiger partial charge in [0.15, 0.2) is 4.80 Å². The molecular formula is C38H31ClN2O4S. The lowest BCUT2D eigenvalue weighted by molar-refractivity contribution is -0.138. The third-order valence-corrected chi connectivity index (χ3v) is 8.78. The van der Waals surface area contributed by atoms with Gasteiger partial charge >= 0.3 is 5.97 Å². The van der Waals surface area contributed by atoms with Crippen LogP contribution in [0.2, 0.25) is 5.02 Å². The van der Waals surface area contributed by atoms with Gasteiger partial charge in [-0.25, -0.2) is 9.79 Å². The second-order valence-electron chi connectivity index (χ2n) is 10.6.